The minimum atomic E-state index is -1.60. The van der Waals surface area contributed by atoms with E-state index >= 15 is 0 Å². The molecule has 2 saturated heterocycles. The second-order valence-electron chi connectivity index (χ2n) is 9.37. The highest BCUT2D eigenvalue weighted by molar-refractivity contribution is 9.10. The predicted molar refractivity (Wildman–Crippen MR) is 142 cm³/mol. The Morgan fingerprint density at radius 1 is 1.23 bits per heavy atom. The lowest BCUT2D eigenvalue weighted by Gasteiger charge is -2.43. The summed E-state index contributed by atoms with van der Waals surface area (Å²) in [6.07, 6.45) is -0.910. The number of nitrogens with zero attached hydrogens (tertiary/aromatic N) is 4. The van der Waals surface area contributed by atoms with Crippen molar-refractivity contribution in [2.24, 2.45) is 0 Å². The number of hydrogen-bond donors (Lipinski definition) is 2. The summed E-state index contributed by atoms with van der Waals surface area (Å²) in [7, 11) is 0. The number of carbonyl (C=O) groups excluding carboxylic acids is 1. The maximum Gasteiger partial charge on any atom is 0.254 e. The average Bonchev–Trinajstić information content (AvgIpc) is 3.37. The van der Waals surface area contributed by atoms with E-state index in [0.29, 0.717) is 23.5 Å². The van der Waals surface area contributed by atoms with Gasteiger partial charge < -0.3 is 24.6 Å². The molecule has 1 amide bonds. The summed E-state index contributed by atoms with van der Waals surface area (Å²) in [4.78, 5) is 15.5. The first kappa shape index (κ1) is 29.0. The van der Waals surface area contributed by atoms with Crippen LogP contribution in [0.3, 0.4) is 0 Å². The first-order valence-electron chi connectivity index (χ1n) is 12.6. The highest BCUT2D eigenvalue weighted by Crippen LogP contribution is 2.42. The van der Waals surface area contributed by atoms with Crippen LogP contribution in [0.2, 0.25) is 0 Å². The van der Waals surface area contributed by atoms with Gasteiger partial charge in [-0.3, -0.25) is 4.79 Å². The molecule has 1 aromatic heterocycles. The molecule has 5 unspecified atom stereocenters. The molecular weight excluding hydrogens is 617 g/mol. The molecule has 0 aliphatic carbocycles. The second-order valence-corrected chi connectivity index (χ2v) is 11.4. The smallest absolute Gasteiger partial charge is 0.254 e. The topological polar surface area (TPSA) is 110 Å². The van der Waals surface area contributed by atoms with Gasteiger partial charge in [-0.25, -0.2) is 17.9 Å². The molecule has 9 nitrogen and oxygen atoms in total. The van der Waals surface area contributed by atoms with Crippen LogP contribution in [0.25, 0.3) is 11.3 Å². The van der Waals surface area contributed by atoms with Crippen LogP contribution in [0.15, 0.2) is 45.9 Å². The molecule has 14 heteroatoms. The van der Waals surface area contributed by atoms with Crippen molar-refractivity contribution in [1.82, 2.24) is 19.9 Å². The zero-order chi connectivity index (χ0) is 28.6. The van der Waals surface area contributed by atoms with Crippen LogP contribution in [-0.2, 0) is 9.47 Å². The van der Waals surface area contributed by atoms with Gasteiger partial charge in [-0.05, 0) is 43.7 Å². The number of halogens is 4. The van der Waals surface area contributed by atoms with E-state index in [1.807, 2.05) is 0 Å². The molecule has 2 aliphatic heterocycles. The van der Waals surface area contributed by atoms with Gasteiger partial charge in [0, 0.05) is 34.6 Å². The van der Waals surface area contributed by atoms with E-state index in [1.54, 1.807) is 30.0 Å². The zero-order valence-corrected chi connectivity index (χ0v) is 23.6. The van der Waals surface area contributed by atoms with Gasteiger partial charge in [-0.2, -0.15) is 0 Å². The van der Waals surface area contributed by atoms with Crippen molar-refractivity contribution in [3.63, 3.8) is 0 Å². The lowest BCUT2D eigenvalue weighted by Crippen LogP contribution is -2.56. The van der Waals surface area contributed by atoms with E-state index in [9.17, 15) is 28.2 Å². The molecule has 0 bridgehead atoms. The molecule has 2 aromatic carbocycles. The first-order chi connectivity index (χ1) is 19.2. The minimum absolute atomic E-state index is 0.0333. The van der Waals surface area contributed by atoms with E-state index < -0.39 is 53.8 Å². The molecule has 2 aliphatic rings. The van der Waals surface area contributed by atoms with Gasteiger partial charge in [0.1, 0.15) is 35.5 Å². The van der Waals surface area contributed by atoms with Crippen molar-refractivity contribution in [3.8, 4) is 11.3 Å². The number of hydrogen-bond acceptors (Lipinski definition) is 8. The summed E-state index contributed by atoms with van der Waals surface area (Å²) in [5, 5.41) is 29.2. The first-order valence-corrected chi connectivity index (χ1v) is 14.3. The van der Waals surface area contributed by atoms with Gasteiger partial charge in [-0.1, -0.05) is 32.9 Å². The summed E-state index contributed by atoms with van der Waals surface area (Å²) in [5.41, 5.74) is -0.342. The fraction of sp³-hybridized carbons (Fsp3) is 0.423. The summed E-state index contributed by atoms with van der Waals surface area (Å²) < 4.78 is 55.3. The number of rotatable bonds is 8. The molecule has 0 saturated carbocycles. The third-order valence-electron chi connectivity index (χ3n) is 6.84. The summed E-state index contributed by atoms with van der Waals surface area (Å²) in [6, 6.07) is 5.95. The molecule has 3 heterocycles. The van der Waals surface area contributed by atoms with Gasteiger partial charge >= 0.3 is 0 Å². The van der Waals surface area contributed by atoms with Crippen LogP contribution in [-0.4, -0.2) is 86.1 Å². The van der Waals surface area contributed by atoms with Crippen LogP contribution < -0.4 is 0 Å². The Balaban J connectivity index is 1.49. The molecule has 5 rings (SSSR count). The Labute approximate surface area is 240 Å². The number of aromatic nitrogens is 3. The third kappa shape index (κ3) is 5.65. The number of amides is 1. The van der Waals surface area contributed by atoms with E-state index in [1.165, 1.54) is 22.6 Å². The lowest BCUT2D eigenvalue weighted by atomic mass is 9.97. The standard InChI is InChI=1S/C26H26BrF3N4O5S/c1-2-38-24-22(34-11-18(31-32-34)13-8-16(28)21(30)17(29)9-13)23(36)19(12-35)39-26(24)40-20-10-14(27)4-5-15(20)25(37)33-6-3-7-33/h4-5,8-11,19,22-24,26,35-36H,2-3,6-7,12H2,1H3. The van der Waals surface area contributed by atoms with Gasteiger partial charge in [0.2, 0.25) is 0 Å². The van der Waals surface area contributed by atoms with Gasteiger partial charge in [0.05, 0.1) is 18.4 Å². The molecule has 2 N–H and O–H groups in total. The number of ether oxygens (including phenoxy) is 2. The van der Waals surface area contributed by atoms with Crippen LogP contribution >= 0.6 is 27.7 Å². The third-order valence-corrected chi connectivity index (χ3v) is 8.54. The van der Waals surface area contributed by atoms with Crippen molar-refractivity contribution in [2.75, 3.05) is 26.3 Å². The Morgan fingerprint density at radius 2 is 1.95 bits per heavy atom. The van der Waals surface area contributed by atoms with Crippen LogP contribution in [0.5, 0.6) is 0 Å². The molecule has 3 aromatic rings. The fourth-order valence-corrected chi connectivity index (χ4v) is 6.48. The summed E-state index contributed by atoms with van der Waals surface area (Å²) in [6.45, 7) is 2.82. The van der Waals surface area contributed by atoms with E-state index in [2.05, 4.69) is 26.2 Å². The summed E-state index contributed by atoms with van der Waals surface area (Å²) in [5.74, 6) is -4.47. The quantitative estimate of drug-likeness (QED) is 0.357. The largest absolute Gasteiger partial charge is 0.394 e. The summed E-state index contributed by atoms with van der Waals surface area (Å²) >= 11 is 4.67. The number of aliphatic hydroxyl groups is 2. The zero-order valence-electron chi connectivity index (χ0n) is 21.2. The van der Waals surface area contributed by atoms with E-state index in [0.717, 1.165) is 23.0 Å². The number of carbonyl (C=O) groups is 1. The predicted octanol–water partition coefficient (Wildman–Crippen LogP) is 3.79. The van der Waals surface area contributed by atoms with Gasteiger partial charge in [0.25, 0.3) is 5.91 Å². The molecule has 214 valence electrons. The van der Waals surface area contributed by atoms with Gasteiger partial charge in [-0.15, -0.1) is 5.10 Å². The van der Waals surface area contributed by atoms with Crippen LogP contribution in [0.1, 0.15) is 29.7 Å². The Kier molecular flexibility index (Phi) is 8.83. The Hall–Kier alpha value is -2.49. The fourth-order valence-electron chi connectivity index (χ4n) is 4.67. The SMILES string of the molecule is CCOC1C(Sc2cc(Br)ccc2C(=O)N2CCC2)OC(CO)C(O)C1n1cc(-c2cc(F)c(F)c(F)c2)nn1. The molecule has 0 radical (unpaired) electrons. The van der Waals surface area contributed by atoms with E-state index in [-0.39, 0.29) is 23.8 Å². The van der Waals surface area contributed by atoms with Crippen LogP contribution in [0, 0.1) is 17.5 Å². The number of thioether (sulfide) groups is 1. The van der Waals surface area contributed by atoms with Crippen molar-refractivity contribution >= 4 is 33.6 Å². The Bertz CT molecular complexity index is 1370. The number of likely N-dealkylation sites (tertiary alicyclic amines) is 1. The average molecular weight is 643 g/mol. The monoisotopic (exact) mass is 642 g/mol. The highest BCUT2D eigenvalue weighted by atomic mass is 79.9. The molecule has 5 atom stereocenters. The van der Waals surface area contributed by atoms with Crippen molar-refractivity contribution in [2.45, 2.75) is 48.0 Å². The normalized spacial score (nSPS) is 24.7. The van der Waals surface area contributed by atoms with E-state index in [4.69, 9.17) is 9.47 Å². The molecule has 2 fully saturated rings. The number of benzene rings is 2. The molecule has 40 heavy (non-hydrogen) atoms. The Morgan fingerprint density at radius 3 is 2.58 bits per heavy atom. The molecule has 0 spiro atoms. The van der Waals surface area contributed by atoms with Crippen LogP contribution in [0.4, 0.5) is 13.2 Å². The van der Waals surface area contributed by atoms with Crippen molar-refractivity contribution in [1.29, 1.82) is 0 Å². The van der Waals surface area contributed by atoms with Gasteiger partial charge in [0.15, 0.2) is 17.5 Å². The lowest BCUT2D eigenvalue weighted by molar-refractivity contribution is -0.191. The highest BCUT2D eigenvalue weighted by Gasteiger charge is 2.48. The van der Waals surface area contributed by atoms with Crippen molar-refractivity contribution < 1.29 is 37.7 Å². The van der Waals surface area contributed by atoms with Crippen molar-refractivity contribution in [3.05, 3.63) is 64.0 Å². The maximum absolute atomic E-state index is 13.9. The number of aliphatic hydroxyl groups excluding tert-OH is 2. The molecular formula is C26H26BrF3N4O5S. The second kappa shape index (κ2) is 12.2. The minimum Gasteiger partial charge on any atom is -0.394 e. The maximum atomic E-state index is 13.9.